The van der Waals surface area contributed by atoms with Gasteiger partial charge in [-0.15, -0.1) is 0 Å². The zero-order chi connectivity index (χ0) is 28.4. The van der Waals surface area contributed by atoms with Crippen LogP contribution in [-0.2, 0) is 21.5 Å². The highest BCUT2D eigenvalue weighted by Crippen LogP contribution is 2.41. The number of rotatable bonds is 6. The highest BCUT2D eigenvalue weighted by atomic mass is 19.1. The number of carbonyl (C=O) groups excluding carboxylic acids is 3. The molecule has 3 heterocycles. The Kier molecular flexibility index (Phi) is 7.17. The zero-order valence-corrected chi connectivity index (χ0v) is 22.2. The molecule has 1 aliphatic heterocycles. The summed E-state index contributed by atoms with van der Waals surface area (Å²) in [5.41, 5.74) is 1.80. The molecular formula is C30H28FN3O6. The highest BCUT2D eigenvalue weighted by molar-refractivity contribution is 6.18. The number of aromatic nitrogens is 1. The number of furan rings is 1. The minimum atomic E-state index is -0.647. The fraction of sp³-hybridized carbons (Fsp3) is 0.233. The van der Waals surface area contributed by atoms with Crippen LogP contribution in [0.5, 0.6) is 5.75 Å². The van der Waals surface area contributed by atoms with Crippen LogP contribution in [0.3, 0.4) is 0 Å². The number of hydrogen-bond donors (Lipinski definition) is 2. The number of H-pyrrole nitrogens is 1. The second-order valence-electron chi connectivity index (χ2n) is 9.99. The van der Waals surface area contributed by atoms with Gasteiger partial charge in [-0.05, 0) is 61.0 Å². The van der Waals surface area contributed by atoms with Gasteiger partial charge in [0.25, 0.3) is 5.91 Å². The second kappa shape index (κ2) is 10.7. The molecule has 0 atom stereocenters. The maximum atomic E-state index is 13.5. The van der Waals surface area contributed by atoms with Crippen molar-refractivity contribution in [3.63, 3.8) is 0 Å². The molecule has 0 radical (unpaired) electrons. The van der Waals surface area contributed by atoms with Crippen LogP contribution in [0.4, 0.5) is 9.18 Å². The van der Waals surface area contributed by atoms with Gasteiger partial charge in [0.05, 0.1) is 30.7 Å². The van der Waals surface area contributed by atoms with Crippen LogP contribution in [0.25, 0.3) is 16.5 Å². The predicted octanol–water partition coefficient (Wildman–Crippen LogP) is 5.53. The van der Waals surface area contributed by atoms with E-state index in [1.807, 2.05) is 19.9 Å². The number of hydrogen-bond acceptors (Lipinski definition) is 6. The van der Waals surface area contributed by atoms with Gasteiger partial charge in [-0.1, -0.05) is 13.8 Å². The van der Waals surface area contributed by atoms with Crippen LogP contribution >= 0.6 is 0 Å². The van der Waals surface area contributed by atoms with E-state index in [0.717, 1.165) is 10.9 Å². The summed E-state index contributed by atoms with van der Waals surface area (Å²) in [6.07, 6.45) is 2.35. The Morgan fingerprint density at radius 1 is 1.12 bits per heavy atom. The van der Waals surface area contributed by atoms with E-state index in [1.165, 1.54) is 41.6 Å². The SMILES string of the molecule is CCOC(=O)C1=CN(C(=O)c2ccc(F)cc2)CC(C)(C)c2c1[nH]c1cc(OC(=O)NCc3ccco3)ccc21. The van der Waals surface area contributed by atoms with E-state index in [-0.39, 0.29) is 31.2 Å². The van der Waals surface area contributed by atoms with Gasteiger partial charge in [-0.2, -0.15) is 0 Å². The van der Waals surface area contributed by atoms with Crippen LogP contribution in [0.15, 0.2) is 71.5 Å². The summed E-state index contributed by atoms with van der Waals surface area (Å²) in [5.74, 6) is -0.531. The van der Waals surface area contributed by atoms with Gasteiger partial charge in [0, 0.05) is 40.7 Å². The number of amides is 2. The normalized spacial score (nSPS) is 14.2. The Morgan fingerprint density at radius 3 is 2.60 bits per heavy atom. The summed E-state index contributed by atoms with van der Waals surface area (Å²) in [4.78, 5) is 43.6. The highest BCUT2D eigenvalue weighted by Gasteiger charge is 2.37. The van der Waals surface area contributed by atoms with Gasteiger partial charge in [0.1, 0.15) is 17.3 Å². The fourth-order valence-corrected chi connectivity index (χ4v) is 4.88. The lowest BCUT2D eigenvalue weighted by molar-refractivity contribution is -0.136. The number of aromatic amines is 1. The maximum absolute atomic E-state index is 13.5. The number of ether oxygens (including phenoxy) is 2. The molecule has 0 unspecified atom stereocenters. The van der Waals surface area contributed by atoms with E-state index < -0.39 is 23.3 Å². The number of esters is 1. The molecule has 40 heavy (non-hydrogen) atoms. The lowest BCUT2D eigenvalue weighted by Crippen LogP contribution is -2.37. The van der Waals surface area contributed by atoms with E-state index in [4.69, 9.17) is 13.9 Å². The van der Waals surface area contributed by atoms with E-state index >= 15 is 0 Å². The lowest BCUT2D eigenvalue weighted by Gasteiger charge is -2.29. The van der Waals surface area contributed by atoms with Gasteiger partial charge >= 0.3 is 12.1 Å². The van der Waals surface area contributed by atoms with Gasteiger partial charge < -0.3 is 29.1 Å². The molecule has 5 rings (SSSR count). The van der Waals surface area contributed by atoms with E-state index in [1.54, 1.807) is 31.2 Å². The van der Waals surface area contributed by atoms with Crippen LogP contribution < -0.4 is 10.1 Å². The number of carbonyl (C=O) groups is 3. The molecule has 9 nitrogen and oxygen atoms in total. The molecule has 2 aromatic carbocycles. The summed E-state index contributed by atoms with van der Waals surface area (Å²) in [7, 11) is 0. The number of benzene rings is 2. The van der Waals surface area contributed by atoms with Crippen molar-refractivity contribution in [2.45, 2.75) is 32.7 Å². The van der Waals surface area contributed by atoms with Gasteiger partial charge in [0.2, 0.25) is 0 Å². The molecule has 0 aliphatic carbocycles. The molecular weight excluding hydrogens is 517 g/mol. The van der Waals surface area contributed by atoms with Crippen molar-refractivity contribution in [1.82, 2.24) is 15.2 Å². The van der Waals surface area contributed by atoms with Crippen molar-refractivity contribution < 1.29 is 32.7 Å². The average molecular weight is 546 g/mol. The molecule has 0 spiro atoms. The average Bonchev–Trinajstić information content (AvgIpc) is 3.55. The first kappa shape index (κ1) is 26.7. The minimum absolute atomic E-state index is 0.145. The summed E-state index contributed by atoms with van der Waals surface area (Å²) < 4.78 is 29.5. The third kappa shape index (κ3) is 5.33. The zero-order valence-electron chi connectivity index (χ0n) is 22.2. The molecule has 2 aromatic heterocycles. The van der Waals surface area contributed by atoms with Crippen molar-refractivity contribution in [1.29, 1.82) is 0 Å². The monoisotopic (exact) mass is 545 g/mol. The number of fused-ring (bicyclic) bond motifs is 3. The van der Waals surface area contributed by atoms with Crippen molar-refractivity contribution in [2.75, 3.05) is 13.2 Å². The fourth-order valence-electron chi connectivity index (χ4n) is 4.88. The third-order valence-electron chi connectivity index (χ3n) is 6.61. The van der Waals surface area contributed by atoms with Crippen LogP contribution in [0.2, 0.25) is 0 Å². The predicted molar refractivity (Wildman–Crippen MR) is 145 cm³/mol. The van der Waals surface area contributed by atoms with Gasteiger partial charge in [0.15, 0.2) is 0 Å². The van der Waals surface area contributed by atoms with Crippen molar-refractivity contribution in [3.8, 4) is 5.75 Å². The number of nitrogens with one attached hydrogen (secondary N) is 2. The Bertz CT molecular complexity index is 1600. The van der Waals surface area contributed by atoms with Crippen LogP contribution in [0.1, 0.15) is 48.1 Å². The molecule has 0 bridgehead atoms. The molecule has 2 N–H and O–H groups in total. The number of nitrogens with zero attached hydrogens (tertiary/aromatic N) is 1. The summed E-state index contributed by atoms with van der Waals surface area (Å²) in [6.45, 7) is 6.20. The minimum Gasteiger partial charge on any atom is -0.467 e. The van der Waals surface area contributed by atoms with Crippen molar-refractivity contribution in [3.05, 3.63) is 95.5 Å². The smallest absolute Gasteiger partial charge is 0.412 e. The lowest BCUT2D eigenvalue weighted by atomic mass is 9.81. The Morgan fingerprint density at radius 2 is 1.90 bits per heavy atom. The number of halogens is 1. The molecule has 1 aliphatic rings. The molecule has 10 heteroatoms. The quantitative estimate of drug-likeness (QED) is 0.308. The van der Waals surface area contributed by atoms with E-state index in [9.17, 15) is 18.8 Å². The Balaban J connectivity index is 1.50. The Hall–Kier alpha value is -4.86. The third-order valence-corrected chi connectivity index (χ3v) is 6.61. The molecule has 2 amide bonds. The van der Waals surface area contributed by atoms with E-state index in [2.05, 4.69) is 10.3 Å². The first-order valence-electron chi connectivity index (χ1n) is 12.8. The van der Waals surface area contributed by atoms with Gasteiger partial charge in [-0.3, -0.25) is 4.79 Å². The topological polar surface area (TPSA) is 114 Å². The first-order chi connectivity index (χ1) is 19.2. The molecule has 0 saturated heterocycles. The largest absolute Gasteiger partial charge is 0.467 e. The Labute approximate surface area is 229 Å². The first-order valence-corrected chi connectivity index (χ1v) is 12.8. The summed E-state index contributed by atoms with van der Waals surface area (Å²) in [6, 6.07) is 13.9. The maximum Gasteiger partial charge on any atom is 0.412 e. The van der Waals surface area contributed by atoms with Crippen molar-refractivity contribution >= 4 is 34.4 Å². The molecule has 4 aromatic rings. The second-order valence-corrected chi connectivity index (χ2v) is 9.99. The van der Waals surface area contributed by atoms with Crippen LogP contribution in [-0.4, -0.2) is 41.0 Å². The van der Waals surface area contributed by atoms with Gasteiger partial charge in [-0.25, -0.2) is 14.0 Å². The molecule has 0 fully saturated rings. The molecule has 206 valence electrons. The molecule has 0 saturated carbocycles. The van der Waals surface area contributed by atoms with Crippen LogP contribution in [0, 0.1) is 5.82 Å². The summed E-state index contributed by atoms with van der Waals surface area (Å²) >= 11 is 0. The van der Waals surface area contributed by atoms with E-state index in [0.29, 0.717) is 28.3 Å². The standard InChI is InChI=1S/C30H28FN3O6/c1-4-38-28(36)23-16-34(27(35)18-7-9-19(31)10-8-18)17-30(2,3)25-22-12-11-20(14-24(22)33-26(23)25)40-29(37)32-15-21-6-5-13-39-21/h5-14,16,33H,4,15,17H2,1-3H3,(H,32,37). The summed E-state index contributed by atoms with van der Waals surface area (Å²) in [5, 5.41) is 3.43. The van der Waals surface area contributed by atoms with Crippen molar-refractivity contribution in [2.24, 2.45) is 0 Å².